The number of hydrogen-bond donors (Lipinski definition) is 1. The molecule has 3 heteroatoms. The van der Waals surface area contributed by atoms with E-state index < -0.39 is 6.10 Å². The summed E-state index contributed by atoms with van der Waals surface area (Å²) >= 11 is 1.17. The Labute approximate surface area is 100 Å². The van der Waals surface area contributed by atoms with Crippen LogP contribution in [0.1, 0.15) is 24.2 Å². The van der Waals surface area contributed by atoms with E-state index in [1.807, 2.05) is 38.1 Å². The fraction of sp³-hybridized carbons (Fsp3) is 0.308. The molecule has 1 N–H and O–H groups in total. The number of benzene rings is 1. The average Bonchev–Trinajstić information content (AvgIpc) is 2.28. The van der Waals surface area contributed by atoms with Gasteiger partial charge in [0.05, 0.1) is 0 Å². The van der Waals surface area contributed by atoms with Gasteiger partial charge in [-0.1, -0.05) is 55.1 Å². The van der Waals surface area contributed by atoms with Crippen LogP contribution in [0.2, 0.25) is 0 Å². The van der Waals surface area contributed by atoms with Crippen molar-refractivity contribution in [2.24, 2.45) is 0 Å². The third-order valence-corrected chi connectivity index (χ3v) is 3.07. The van der Waals surface area contributed by atoms with Crippen molar-refractivity contribution in [1.82, 2.24) is 0 Å². The number of rotatable bonds is 4. The zero-order chi connectivity index (χ0) is 12.1. The Bertz CT molecular complexity index is 381. The van der Waals surface area contributed by atoms with Gasteiger partial charge < -0.3 is 5.11 Å². The summed E-state index contributed by atoms with van der Waals surface area (Å²) < 4.78 is 0. The molecule has 0 amide bonds. The van der Waals surface area contributed by atoms with Gasteiger partial charge in [0.15, 0.2) is 0 Å². The van der Waals surface area contributed by atoms with Gasteiger partial charge in [-0.2, -0.15) is 0 Å². The monoisotopic (exact) mass is 236 g/mol. The molecule has 0 saturated carbocycles. The van der Waals surface area contributed by atoms with Gasteiger partial charge >= 0.3 is 0 Å². The van der Waals surface area contributed by atoms with Crippen LogP contribution in [0, 0.1) is 6.92 Å². The summed E-state index contributed by atoms with van der Waals surface area (Å²) in [4.78, 5) is 11.5. The van der Waals surface area contributed by atoms with E-state index >= 15 is 0 Å². The van der Waals surface area contributed by atoms with Crippen molar-refractivity contribution in [3.05, 3.63) is 47.5 Å². The molecular formula is C13H16O2S. The van der Waals surface area contributed by atoms with Crippen molar-refractivity contribution in [3.63, 3.8) is 0 Å². The first-order chi connectivity index (χ1) is 7.56. The highest BCUT2D eigenvalue weighted by Crippen LogP contribution is 2.24. The molecule has 0 aliphatic carbocycles. The van der Waals surface area contributed by atoms with E-state index in [0.29, 0.717) is 11.3 Å². The molecule has 16 heavy (non-hydrogen) atoms. The highest BCUT2D eigenvalue weighted by Gasteiger charge is 2.17. The number of carbonyl (C=O) groups excluding carboxylic acids is 1. The summed E-state index contributed by atoms with van der Waals surface area (Å²) in [5.74, 6) is 0.693. The topological polar surface area (TPSA) is 37.3 Å². The van der Waals surface area contributed by atoms with Crippen LogP contribution >= 0.6 is 11.8 Å². The first-order valence-electron chi connectivity index (χ1n) is 5.16. The predicted molar refractivity (Wildman–Crippen MR) is 68.4 cm³/mol. The Hall–Kier alpha value is -1.06. The van der Waals surface area contributed by atoms with Crippen molar-refractivity contribution in [2.75, 3.05) is 5.75 Å². The molecule has 0 bridgehead atoms. The van der Waals surface area contributed by atoms with Crippen LogP contribution in [0.15, 0.2) is 36.4 Å². The van der Waals surface area contributed by atoms with Crippen LogP contribution in [0.25, 0.3) is 0 Å². The summed E-state index contributed by atoms with van der Waals surface area (Å²) in [5.41, 5.74) is 2.08. The molecule has 0 saturated heterocycles. The van der Waals surface area contributed by atoms with Crippen molar-refractivity contribution >= 4 is 16.9 Å². The van der Waals surface area contributed by atoms with Gasteiger partial charge in [0, 0.05) is 5.57 Å². The second kappa shape index (κ2) is 5.87. The van der Waals surface area contributed by atoms with E-state index in [2.05, 4.69) is 6.58 Å². The number of aliphatic hydroxyl groups is 1. The summed E-state index contributed by atoms with van der Waals surface area (Å²) in [6, 6.07) is 7.44. The standard InChI is InChI=1S/C13H16O2S/c1-4-16-13(15)10(3)12(14)11-7-5-9(2)6-8-11/h5-8,12,14H,3-4H2,1-2H3. The van der Waals surface area contributed by atoms with Crippen molar-refractivity contribution < 1.29 is 9.90 Å². The predicted octanol–water partition coefficient (Wildman–Crippen LogP) is 2.86. The molecule has 0 fully saturated rings. The lowest BCUT2D eigenvalue weighted by Gasteiger charge is -2.12. The molecule has 1 rings (SSSR count). The molecule has 0 aliphatic rings. The van der Waals surface area contributed by atoms with Gasteiger partial charge in [-0.25, -0.2) is 0 Å². The van der Waals surface area contributed by atoms with Crippen molar-refractivity contribution in [1.29, 1.82) is 0 Å². The maximum Gasteiger partial charge on any atom is 0.217 e. The van der Waals surface area contributed by atoms with Gasteiger partial charge in [-0.05, 0) is 18.2 Å². The van der Waals surface area contributed by atoms with E-state index in [1.54, 1.807) is 0 Å². The van der Waals surface area contributed by atoms with Crippen LogP contribution in [-0.4, -0.2) is 16.0 Å². The van der Waals surface area contributed by atoms with E-state index in [9.17, 15) is 9.90 Å². The van der Waals surface area contributed by atoms with E-state index in [1.165, 1.54) is 11.8 Å². The Morgan fingerprint density at radius 1 is 1.44 bits per heavy atom. The van der Waals surface area contributed by atoms with Gasteiger partial charge in [0.25, 0.3) is 0 Å². The number of thioether (sulfide) groups is 1. The minimum Gasteiger partial charge on any atom is -0.384 e. The van der Waals surface area contributed by atoms with Crippen molar-refractivity contribution in [3.8, 4) is 0 Å². The molecule has 1 aromatic rings. The van der Waals surface area contributed by atoms with E-state index in [4.69, 9.17) is 0 Å². The maximum atomic E-state index is 11.5. The van der Waals surface area contributed by atoms with Crippen molar-refractivity contribution in [2.45, 2.75) is 20.0 Å². The minimum absolute atomic E-state index is 0.143. The molecule has 0 aromatic heterocycles. The molecule has 1 unspecified atom stereocenters. The van der Waals surface area contributed by atoms with E-state index in [-0.39, 0.29) is 10.7 Å². The second-order valence-corrected chi connectivity index (χ2v) is 4.80. The van der Waals surface area contributed by atoms with Gasteiger partial charge in [0.2, 0.25) is 5.12 Å². The minimum atomic E-state index is -0.896. The van der Waals surface area contributed by atoms with Crippen LogP contribution in [-0.2, 0) is 4.79 Å². The summed E-state index contributed by atoms with van der Waals surface area (Å²) in [6.07, 6.45) is -0.896. The molecular weight excluding hydrogens is 220 g/mol. The zero-order valence-electron chi connectivity index (χ0n) is 9.56. The Morgan fingerprint density at radius 3 is 2.50 bits per heavy atom. The summed E-state index contributed by atoms with van der Waals surface area (Å²) in [5, 5.41) is 9.80. The fourth-order valence-electron chi connectivity index (χ4n) is 1.29. The smallest absolute Gasteiger partial charge is 0.217 e. The third-order valence-electron chi connectivity index (χ3n) is 2.26. The molecule has 2 nitrogen and oxygen atoms in total. The molecule has 0 aliphatic heterocycles. The third kappa shape index (κ3) is 3.22. The maximum absolute atomic E-state index is 11.5. The Kier molecular flexibility index (Phi) is 4.77. The molecule has 0 spiro atoms. The van der Waals surface area contributed by atoms with Crippen LogP contribution < -0.4 is 0 Å². The van der Waals surface area contributed by atoms with Crippen LogP contribution in [0.5, 0.6) is 0 Å². The second-order valence-electron chi connectivity index (χ2n) is 3.56. The zero-order valence-corrected chi connectivity index (χ0v) is 10.4. The fourth-order valence-corrected chi connectivity index (χ4v) is 1.84. The first-order valence-corrected chi connectivity index (χ1v) is 6.15. The molecule has 0 radical (unpaired) electrons. The SMILES string of the molecule is C=C(C(=O)SCC)C(O)c1ccc(C)cc1. The number of hydrogen-bond acceptors (Lipinski definition) is 3. The molecule has 1 atom stereocenters. The van der Waals surface area contributed by atoms with Crippen LogP contribution in [0.4, 0.5) is 0 Å². The highest BCUT2D eigenvalue weighted by atomic mass is 32.2. The summed E-state index contributed by atoms with van der Waals surface area (Å²) in [6.45, 7) is 7.52. The molecule has 1 aromatic carbocycles. The molecule has 0 heterocycles. The Balaban J connectivity index is 2.77. The lowest BCUT2D eigenvalue weighted by molar-refractivity contribution is -0.108. The summed E-state index contributed by atoms with van der Waals surface area (Å²) in [7, 11) is 0. The van der Waals surface area contributed by atoms with Gasteiger partial charge in [0.1, 0.15) is 6.10 Å². The lowest BCUT2D eigenvalue weighted by Crippen LogP contribution is -2.08. The van der Waals surface area contributed by atoms with Gasteiger partial charge in [-0.15, -0.1) is 0 Å². The lowest BCUT2D eigenvalue weighted by atomic mass is 10.0. The average molecular weight is 236 g/mol. The van der Waals surface area contributed by atoms with E-state index in [0.717, 1.165) is 5.56 Å². The highest BCUT2D eigenvalue weighted by molar-refractivity contribution is 8.14. The quantitative estimate of drug-likeness (QED) is 0.817. The normalized spacial score (nSPS) is 12.2. The van der Waals surface area contributed by atoms with Crippen LogP contribution in [0.3, 0.4) is 0 Å². The number of aliphatic hydroxyl groups excluding tert-OH is 1. The molecule has 86 valence electrons. The largest absolute Gasteiger partial charge is 0.384 e. The first kappa shape index (κ1) is 13.0. The van der Waals surface area contributed by atoms with Gasteiger partial charge in [-0.3, -0.25) is 4.79 Å². The Morgan fingerprint density at radius 2 is 2.00 bits per heavy atom. The number of carbonyl (C=O) groups is 1. The number of aryl methyl sites for hydroxylation is 1.